The number of Topliss-reactive ketones (excluding diaryl/α,β-unsaturated/α-hetero) is 1. The van der Waals surface area contributed by atoms with E-state index >= 15 is 0 Å². The molecule has 0 fully saturated rings. The molecule has 214 valence electrons. The van der Waals surface area contributed by atoms with Crippen LogP contribution in [-0.4, -0.2) is 48.8 Å². The first kappa shape index (κ1) is 31.6. The van der Waals surface area contributed by atoms with Crippen LogP contribution in [0.3, 0.4) is 0 Å². The second-order valence-corrected chi connectivity index (χ2v) is 8.47. The Morgan fingerprint density at radius 1 is 1.08 bits per heavy atom. The SMILES string of the molecule is CCOC(=O)NC(CC)COCC(Oc1cc(Oc2ccc(C(F)(F)F)cc2Cl)ccc1[N+](=O)[O-])C(=O)CC. The number of hydrogen-bond acceptors (Lipinski definition) is 8. The quantitative estimate of drug-likeness (QED) is 0.204. The molecule has 0 aromatic heterocycles. The summed E-state index contributed by atoms with van der Waals surface area (Å²) in [6.45, 7) is 4.98. The number of nitrogens with zero attached hydrogens (tertiary/aromatic N) is 1. The van der Waals surface area contributed by atoms with Gasteiger partial charge in [0, 0.05) is 18.6 Å². The van der Waals surface area contributed by atoms with Crippen LogP contribution < -0.4 is 14.8 Å². The van der Waals surface area contributed by atoms with E-state index in [2.05, 4.69) is 5.32 Å². The lowest BCUT2D eigenvalue weighted by atomic mass is 10.2. The smallest absolute Gasteiger partial charge is 0.416 e. The van der Waals surface area contributed by atoms with Gasteiger partial charge in [-0.05, 0) is 37.6 Å². The lowest BCUT2D eigenvalue weighted by molar-refractivity contribution is -0.386. The Labute approximate surface area is 227 Å². The molecule has 2 atom stereocenters. The van der Waals surface area contributed by atoms with Crippen LogP contribution in [0.4, 0.5) is 23.7 Å². The van der Waals surface area contributed by atoms with Crippen molar-refractivity contribution in [1.29, 1.82) is 0 Å². The molecule has 0 saturated carbocycles. The Kier molecular flexibility index (Phi) is 11.8. The van der Waals surface area contributed by atoms with Crippen LogP contribution in [0.15, 0.2) is 36.4 Å². The van der Waals surface area contributed by atoms with Gasteiger partial charge in [-0.2, -0.15) is 13.2 Å². The summed E-state index contributed by atoms with van der Waals surface area (Å²) in [5, 5.41) is 13.9. The number of rotatable bonds is 14. The molecular formula is C25H28ClF3N2O8. The van der Waals surface area contributed by atoms with Gasteiger partial charge < -0.3 is 24.3 Å². The maximum absolute atomic E-state index is 12.9. The molecule has 2 aromatic rings. The van der Waals surface area contributed by atoms with Gasteiger partial charge in [0.05, 0.1) is 41.4 Å². The minimum Gasteiger partial charge on any atom is -0.473 e. The topological polar surface area (TPSA) is 126 Å². The van der Waals surface area contributed by atoms with E-state index < -0.39 is 46.4 Å². The average Bonchev–Trinajstić information content (AvgIpc) is 2.87. The van der Waals surface area contributed by atoms with Crippen LogP contribution in [0.5, 0.6) is 17.2 Å². The lowest BCUT2D eigenvalue weighted by Crippen LogP contribution is -2.40. The molecule has 10 nitrogen and oxygen atoms in total. The second kappa shape index (κ2) is 14.5. The van der Waals surface area contributed by atoms with Crippen molar-refractivity contribution in [2.75, 3.05) is 19.8 Å². The van der Waals surface area contributed by atoms with Crippen molar-refractivity contribution in [3.05, 3.63) is 57.1 Å². The van der Waals surface area contributed by atoms with E-state index in [1.165, 1.54) is 6.07 Å². The number of nitro benzene ring substituents is 1. The summed E-state index contributed by atoms with van der Waals surface area (Å²) in [6.07, 6.45) is -5.92. The maximum Gasteiger partial charge on any atom is 0.416 e. The summed E-state index contributed by atoms with van der Waals surface area (Å²) in [4.78, 5) is 35.0. The molecule has 0 radical (unpaired) electrons. The predicted octanol–water partition coefficient (Wildman–Crippen LogP) is 6.33. The zero-order valence-corrected chi connectivity index (χ0v) is 22.1. The molecule has 0 bridgehead atoms. The summed E-state index contributed by atoms with van der Waals surface area (Å²) in [5.41, 5.74) is -1.46. The number of nitro groups is 1. The van der Waals surface area contributed by atoms with E-state index in [9.17, 15) is 32.9 Å². The third kappa shape index (κ3) is 9.59. The first-order valence-electron chi connectivity index (χ1n) is 11.9. The van der Waals surface area contributed by atoms with Crippen molar-refractivity contribution in [3.63, 3.8) is 0 Å². The number of ketones is 1. The van der Waals surface area contributed by atoms with E-state index in [-0.39, 0.29) is 48.5 Å². The number of halogens is 4. The highest BCUT2D eigenvalue weighted by molar-refractivity contribution is 6.32. The number of nitrogens with one attached hydrogen (secondary N) is 1. The molecule has 1 amide bonds. The second-order valence-electron chi connectivity index (χ2n) is 8.07. The molecule has 39 heavy (non-hydrogen) atoms. The van der Waals surface area contributed by atoms with Gasteiger partial charge >= 0.3 is 18.0 Å². The van der Waals surface area contributed by atoms with Crippen LogP contribution in [0, 0.1) is 10.1 Å². The van der Waals surface area contributed by atoms with Gasteiger partial charge in [-0.1, -0.05) is 25.4 Å². The molecule has 0 aliphatic carbocycles. The predicted molar refractivity (Wildman–Crippen MR) is 134 cm³/mol. The summed E-state index contributed by atoms with van der Waals surface area (Å²) < 4.78 is 60.4. The molecule has 0 aliphatic heterocycles. The number of carbonyl (C=O) groups is 2. The molecule has 2 unspecified atom stereocenters. The first-order chi connectivity index (χ1) is 18.4. The Bertz CT molecular complexity index is 1160. The van der Waals surface area contributed by atoms with E-state index in [0.29, 0.717) is 12.5 Å². The number of alkyl halides is 3. The zero-order chi connectivity index (χ0) is 29.2. The van der Waals surface area contributed by atoms with Gasteiger partial charge in [-0.15, -0.1) is 0 Å². The fourth-order valence-corrected chi connectivity index (χ4v) is 3.40. The molecule has 14 heteroatoms. The highest BCUT2D eigenvalue weighted by Gasteiger charge is 2.31. The van der Waals surface area contributed by atoms with E-state index in [0.717, 1.165) is 24.3 Å². The van der Waals surface area contributed by atoms with Gasteiger partial charge in [-0.25, -0.2) is 4.79 Å². The Hall–Kier alpha value is -3.58. The number of alkyl carbamates (subject to hydrolysis) is 1. The van der Waals surface area contributed by atoms with Crippen molar-refractivity contribution in [1.82, 2.24) is 5.32 Å². The van der Waals surface area contributed by atoms with Crippen molar-refractivity contribution >= 4 is 29.2 Å². The van der Waals surface area contributed by atoms with Crippen molar-refractivity contribution in [2.24, 2.45) is 0 Å². The van der Waals surface area contributed by atoms with Gasteiger partial charge in [0.1, 0.15) is 11.5 Å². The van der Waals surface area contributed by atoms with E-state index in [1.807, 2.05) is 6.92 Å². The van der Waals surface area contributed by atoms with Crippen LogP contribution in [0.1, 0.15) is 39.2 Å². The standard InChI is InChI=1S/C25H28ClF3N2O8/c1-4-16(30-24(33)37-6-3)13-36-14-23(20(32)5-2)39-22-12-17(8-9-19(22)31(34)35)38-21-10-7-15(11-18(21)26)25(27,28)29/h7-12,16,23H,4-6,13-14H2,1-3H3,(H,30,33). The third-order valence-corrected chi connectivity index (χ3v) is 5.57. The molecule has 2 aromatic carbocycles. The fraction of sp³-hybridized carbons (Fsp3) is 0.440. The van der Waals surface area contributed by atoms with Crippen LogP contribution in [0.2, 0.25) is 5.02 Å². The number of amides is 1. The van der Waals surface area contributed by atoms with E-state index in [4.69, 9.17) is 30.5 Å². The van der Waals surface area contributed by atoms with Crippen LogP contribution in [0.25, 0.3) is 0 Å². The average molecular weight is 577 g/mol. The summed E-state index contributed by atoms with van der Waals surface area (Å²) in [7, 11) is 0. The molecule has 0 heterocycles. The molecular weight excluding hydrogens is 549 g/mol. The summed E-state index contributed by atoms with van der Waals surface area (Å²) in [5.74, 6) is -0.903. The molecule has 0 saturated heterocycles. The monoisotopic (exact) mass is 576 g/mol. The molecule has 0 spiro atoms. The highest BCUT2D eigenvalue weighted by atomic mass is 35.5. The summed E-state index contributed by atoms with van der Waals surface area (Å²) >= 11 is 5.94. The Morgan fingerprint density at radius 3 is 2.36 bits per heavy atom. The fourth-order valence-electron chi connectivity index (χ4n) is 3.18. The molecule has 0 aliphatic rings. The van der Waals surface area contributed by atoms with Gasteiger partial charge in [0.25, 0.3) is 0 Å². The number of ether oxygens (including phenoxy) is 4. The van der Waals surface area contributed by atoms with Crippen molar-refractivity contribution < 1.29 is 46.6 Å². The van der Waals surface area contributed by atoms with Crippen molar-refractivity contribution in [3.8, 4) is 17.2 Å². The van der Waals surface area contributed by atoms with Crippen LogP contribution in [-0.2, 0) is 20.4 Å². The lowest BCUT2D eigenvalue weighted by Gasteiger charge is -2.21. The Morgan fingerprint density at radius 2 is 1.79 bits per heavy atom. The number of hydrogen-bond donors (Lipinski definition) is 1. The normalized spacial score (nSPS) is 12.8. The molecule has 2 rings (SSSR count). The minimum absolute atomic E-state index is 0.0177. The maximum atomic E-state index is 12.9. The molecule has 1 N–H and O–H groups in total. The number of carbonyl (C=O) groups excluding carboxylic acids is 2. The number of benzene rings is 2. The van der Waals surface area contributed by atoms with Gasteiger partial charge in [0.15, 0.2) is 11.9 Å². The van der Waals surface area contributed by atoms with Gasteiger partial charge in [0.2, 0.25) is 5.75 Å². The van der Waals surface area contributed by atoms with Crippen LogP contribution >= 0.6 is 11.6 Å². The highest BCUT2D eigenvalue weighted by Crippen LogP contribution is 2.38. The third-order valence-electron chi connectivity index (χ3n) is 5.27. The zero-order valence-electron chi connectivity index (χ0n) is 21.4. The van der Waals surface area contributed by atoms with Gasteiger partial charge in [-0.3, -0.25) is 14.9 Å². The van der Waals surface area contributed by atoms with Crippen molar-refractivity contribution in [2.45, 2.75) is 51.9 Å². The largest absolute Gasteiger partial charge is 0.473 e. The summed E-state index contributed by atoms with van der Waals surface area (Å²) in [6, 6.07) is 5.45. The minimum atomic E-state index is -4.61. The Balaban J connectivity index is 2.22. The first-order valence-corrected chi connectivity index (χ1v) is 12.3. The van der Waals surface area contributed by atoms with E-state index in [1.54, 1.807) is 13.8 Å².